The highest BCUT2D eigenvalue weighted by atomic mass is 79.9. The fraction of sp³-hybridized carbons (Fsp3) is 0.455. The highest BCUT2D eigenvalue weighted by Gasteiger charge is 2.00. The van der Waals surface area contributed by atoms with Crippen LogP contribution in [0.25, 0.3) is 10.4 Å². The van der Waals surface area contributed by atoms with Crippen LogP contribution < -0.4 is 0 Å². The molecule has 0 aliphatic carbocycles. The van der Waals surface area contributed by atoms with E-state index in [0.717, 1.165) is 24.0 Å². The lowest BCUT2D eigenvalue weighted by Crippen LogP contribution is -2.19. The molecule has 0 unspecified atom stereocenters. The number of hydrogen-bond acceptors (Lipinski definition) is 2. The van der Waals surface area contributed by atoms with Gasteiger partial charge in [0.05, 0.1) is 0 Å². The normalized spacial score (nSPS) is 10.2. The van der Waals surface area contributed by atoms with Crippen molar-refractivity contribution in [3.63, 3.8) is 0 Å². The summed E-state index contributed by atoms with van der Waals surface area (Å²) in [5.41, 5.74) is 9.42. The fourth-order valence-corrected chi connectivity index (χ4v) is 1.93. The van der Waals surface area contributed by atoms with Gasteiger partial charge in [-0.15, -0.1) is 0 Å². The molecule has 0 saturated carbocycles. The maximum Gasteiger partial charge on any atom is 0.0270 e. The third-order valence-electron chi connectivity index (χ3n) is 2.20. The van der Waals surface area contributed by atoms with Gasteiger partial charge in [0.1, 0.15) is 0 Å². The van der Waals surface area contributed by atoms with E-state index < -0.39 is 0 Å². The minimum absolute atomic E-state index is 0.569. The van der Waals surface area contributed by atoms with E-state index in [-0.39, 0.29) is 0 Å². The van der Waals surface area contributed by atoms with Gasteiger partial charge in [-0.2, -0.15) is 0 Å². The van der Waals surface area contributed by atoms with E-state index in [2.05, 4.69) is 50.0 Å². The Bertz CT molecular complexity index is 374. The summed E-state index contributed by atoms with van der Waals surface area (Å²) in [7, 11) is 2.07. The van der Waals surface area contributed by atoms with Crippen LogP contribution in [-0.4, -0.2) is 25.0 Å². The fourth-order valence-electron chi connectivity index (χ4n) is 1.48. The summed E-state index contributed by atoms with van der Waals surface area (Å²) in [6, 6.07) is 8.27. The molecular weight excluding hydrogens is 268 g/mol. The number of nitrogens with zero attached hydrogens (tertiary/aromatic N) is 4. The summed E-state index contributed by atoms with van der Waals surface area (Å²) in [5.74, 6) is 0. The van der Waals surface area contributed by atoms with Gasteiger partial charge in [0.15, 0.2) is 0 Å². The molecule has 0 amide bonds. The first-order valence-corrected chi connectivity index (χ1v) is 5.95. The summed E-state index contributed by atoms with van der Waals surface area (Å²) in [6.07, 6.45) is 0.897. The molecule has 0 bridgehead atoms. The zero-order valence-corrected chi connectivity index (χ0v) is 10.9. The summed E-state index contributed by atoms with van der Waals surface area (Å²) in [5, 5.41) is 3.51. The highest BCUT2D eigenvalue weighted by Crippen LogP contribution is 2.12. The zero-order valence-electron chi connectivity index (χ0n) is 9.30. The van der Waals surface area contributed by atoms with Crippen molar-refractivity contribution in [3.8, 4) is 0 Å². The summed E-state index contributed by atoms with van der Waals surface area (Å²) < 4.78 is 1.10. The molecule has 86 valence electrons. The Morgan fingerprint density at radius 1 is 1.50 bits per heavy atom. The maximum absolute atomic E-state index is 8.14. The molecule has 0 radical (unpaired) electrons. The number of halogens is 1. The monoisotopic (exact) mass is 282 g/mol. The Balaban J connectivity index is 2.33. The van der Waals surface area contributed by atoms with Crippen LogP contribution in [0.3, 0.4) is 0 Å². The molecule has 1 aromatic carbocycles. The van der Waals surface area contributed by atoms with E-state index in [0.29, 0.717) is 6.54 Å². The van der Waals surface area contributed by atoms with Crippen LogP contribution >= 0.6 is 15.9 Å². The van der Waals surface area contributed by atoms with Crippen LogP contribution in [0.1, 0.15) is 12.0 Å². The van der Waals surface area contributed by atoms with Gasteiger partial charge in [-0.25, -0.2) is 0 Å². The van der Waals surface area contributed by atoms with Gasteiger partial charge >= 0.3 is 0 Å². The van der Waals surface area contributed by atoms with Crippen LogP contribution in [0.5, 0.6) is 0 Å². The van der Waals surface area contributed by atoms with E-state index >= 15 is 0 Å². The molecule has 16 heavy (non-hydrogen) atoms. The predicted molar refractivity (Wildman–Crippen MR) is 69.1 cm³/mol. The zero-order chi connectivity index (χ0) is 11.8. The molecule has 5 heteroatoms. The first-order valence-electron chi connectivity index (χ1n) is 5.16. The third kappa shape index (κ3) is 5.16. The topological polar surface area (TPSA) is 52.0 Å². The quantitative estimate of drug-likeness (QED) is 0.341. The lowest BCUT2D eigenvalue weighted by atomic mass is 10.2. The van der Waals surface area contributed by atoms with Crippen molar-refractivity contribution in [2.75, 3.05) is 20.1 Å². The Hall–Kier alpha value is -1.03. The molecule has 0 aliphatic rings. The molecule has 0 heterocycles. The largest absolute Gasteiger partial charge is 0.302 e. The van der Waals surface area contributed by atoms with Gasteiger partial charge in [0.2, 0.25) is 0 Å². The number of azide groups is 1. The first kappa shape index (κ1) is 13.0. The summed E-state index contributed by atoms with van der Waals surface area (Å²) in [6.45, 7) is 2.42. The standard InChI is InChI=1S/C11H15BrN4/c1-16(7-3-6-14-15-13)9-10-4-2-5-11(12)8-10/h2,4-5,8H,3,6-7,9H2,1H3. The van der Waals surface area contributed by atoms with Gasteiger partial charge in [0, 0.05) is 22.5 Å². The average molecular weight is 283 g/mol. The van der Waals surface area contributed by atoms with Crippen molar-refractivity contribution in [3.05, 3.63) is 44.7 Å². The molecular formula is C11H15BrN4. The van der Waals surface area contributed by atoms with E-state index in [4.69, 9.17) is 5.53 Å². The van der Waals surface area contributed by atoms with Gasteiger partial charge < -0.3 is 4.90 Å². The summed E-state index contributed by atoms with van der Waals surface area (Å²) >= 11 is 3.45. The lowest BCUT2D eigenvalue weighted by molar-refractivity contribution is 0.324. The van der Waals surface area contributed by atoms with Crippen molar-refractivity contribution in [2.45, 2.75) is 13.0 Å². The van der Waals surface area contributed by atoms with Gasteiger partial charge in [-0.1, -0.05) is 33.2 Å². The van der Waals surface area contributed by atoms with E-state index in [1.54, 1.807) is 0 Å². The van der Waals surface area contributed by atoms with Crippen LogP contribution in [0.15, 0.2) is 33.9 Å². The Morgan fingerprint density at radius 3 is 3.00 bits per heavy atom. The van der Waals surface area contributed by atoms with Crippen molar-refractivity contribution in [2.24, 2.45) is 5.11 Å². The molecule has 0 spiro atoms. The molecule has 1 aromatic rings. The van der Waals surface area contributed by atoms with Gasteiger partial charge in [0.25, 0.3) is 0 Å². The van der Waals surface area contributed by atoms with Crippen molar-refractivity contribution in [1.82, 2.24) is 4.90 Å². The third-order valence-corrected chi connectivity index (χ3v) is 2.70. The number of rotatable bonds is 6. The van der Waals surface area contributed by atoms with Crippen LogP contribution in [0, 0.1) is 0 Å². The first-order chi connectivity index (χ1) is 7.72. The van der Waals surface area contributed by atoms with Gasteiger partial charge in [-0.05, 0) is 43.2 Å². The second-order valence-corrected chi connectivity index (χ2v) is 4.59. The van der Waals surface area contributed by atoms with Crippen molar-refractivity contribution < 1.29 is 0 Å². The predicted octanol–water partition coefficient (Wildman–Crippen LogP) is 3.58. The molecule has 4 nitrogen and oxygen atoms in total. The van der Waals surface area contributed by atoms with E-state index in [9.17, 15) is 0 Å². The smallest absolute Gasteiger partial charge is 0.0270 e. The molecule has 0 aliphatic heterocycles. The maximum atomic E-state index is 8.14. The molecule has 0 N–H and O–H groups in total. The Morgan fingerprint density at radius 2 is 2.31 bits per heavy atom. The minimum Gasteiger partial charge on any atom is -0.302 e. The van der Waals surface area contributed by atoms with Crippen LogP contribution in [0.4, 0.5) is 0 Å². The number of hydrogen-bond donors (Lipinski definition) is 0. The SMILES string of the molecule is CN(CCCN=[N+]=[N-])Cc1cccc(Br)c1. The van der Waals surface area contributed by atoms with Crippen LogP contribution in [0.2, 0.25) is 0 Å². The molecule has 0 saturated heterocycles. The minimum atomic E-state index is 0.569. The second kappa shape index (κ2) is 7.28. The Kier molecular flexibility index (Phi) is 5.93. The molecule has 0 fully saturated rings. The van der Waals surface area contributed by atoms with Crippen molar-refractivity contribution in [1.29, 1.82) is 0 Å². The lowest BCUT2D eigenvalue weighted by Gasteiger charge is -2.16. The second-order valence-electron chi connectivity index (χ2n) is 3.68. The highest BCUT2D eigenvalue weighted by molar-refractivity contribution is 9.10. The van der Waals surface area contributed by atoms with E-state index in [1.807, 2.05) is 12.1 Å². The van der Waals surface area contributed by atoms with Gasteiger partial charge in [-0.3, -0.25) is 0 Å². The molecule has 0 aromatic heterocycles. The molecule has 0 atom stereocenters. The molecule has 1 rings (SSSR count). The summed E-state index contributed by atoms with van der Waals surface area (Å²) in [4.78, 5) is 4.95. The number of benzene rings is 1. The Labute approximate surface area is 104 Å². The van der Waals surface area contributed by atoms with Crippen LogP contribution in [-0.2, 0) is 6.54 Å². The van der Waals surface area contributed by atoms with E-state index in [1.165, 1.54) is 5.56 Å². The average Bonchev–Trinajstić information content (AvgIpc) is 2.24. The van der Waals surface area contributed by atoms with Crippen molar-refractivity contribution >= 4 is 15.9 Å².